The first-order valence-corrected chi connectivity index (χ1v) is 7.72. The molecule has 0 unspecified atom stereocenters. The molecular formula is C17H26N2O2. The van der Waals surface area contributed by atoms with Gasteiger partial charge in [0.2, 0.25) is 5.91 Å². The summed E-state index contributed by atoms with van der Waals surface area (Å²) in [5, 5.41) is 0. The van der Waals surface area contributed by atoms with Crippen molar-refractivity contribution in [2.45, 2.75) is 32.2 Å². The third kappa shape index (κ3) is 4.21. The van der Waals surface area contributed by atoms with Crippen molar-refractivity contribution in [1.29, 1.82) is 0 Å². The first-order chi connectivity index (χ1) is 10.1. The van der Waals surface area contributed by atoms with Crippen molar-refractivity contribution in [2.24, 2.45) is 17.6 Å². The molecule has 2 N–H and O–H groups in total. The number of hydrogen-bond acceptors (Lipinski definition) is 3. The molecule has 1 aromatic rings. The van der Waals surface area contributed by atoms with E-state index in [0.29, 0.717) is 12.5 Å². The number of nitrogens with zero attached hydrogens (tertiary/aromatic N) is 1. The minimum Gasteiger partial charge on any atom is -0.497 e. The minimum atomic E-state index is 0.177. The number of nitrogens with two attached hydrogens (primary N) is 1. The lowest BCUT2D eigenvalue weighted by Crippen LogP contribution is -2.35. The second-order valence-electron chi connectivity index (χ2n) is 6.00. The summed E-state index contributed by atoms with van der Waals surface area (Å²) in [4.78, 5) is 14.3. The maximum absolute atomic E-state index is 12.5. The lowest BCUT2D eigenvalue weighted by atomic mass is 9.81. The first-order valence-electron chi connectivity index (χ1n) is 7.72. The standard InChI is InChI=1S/C17H26N2O2/c1-19(12-14-5-9-16(21-2)10-6-14)17(20)15-7-3-13(11-18)4-8-15/h5-6,9-10,13,15H,3-4,7-8,11-12,18H2,1-2H3. The van der Waals surface area contributed by atoms with Crippen LogP contribution in [-0.2, 0) is 11.3 Å². The van der Waals surface area contributed by atoms with Crippen LogP contribution >= 0.6 is 0 Å². The Balaban J connectivity index is 1.87. The molecule has 0 spiro atoms. The van der Waals surface area contributed by atoms with Crippen LogP contribution in [-0.4, -0.2) is 31.5 Å². The summed E-state index contributed by atoms with van der Waals surface area (Å²) in [7, 11) is 3.55. The summed E-state index contributed by atoms with van der Waals surface area (Å²) in [6.45, 7) is 1.41. The Morgan fingerprint density at radius 1 is 1.24 bits per heavy atom. The third-order valence-corrected chi connectivity index (χ3v) is 4.48. The molecule has 1 aliphatic carbocycles. The smallest absolute Gasteiger partial charge is 0.225 e. The van der Waals surface area contributed by atoms with Crippen LogP contribution in [0.3, 0.4) is 0 Å². The summed E-state index contributed by atoms with van der Waals surface area (Å²) < 4.78 is 5.15. The summed E-state index contributed by atoms with van der Waals surface area (Å²) in [5.74, 6) is 1.89. The fraction of sp³-hybridized carbons (Fsp3) is 0.588. The number of hydrogen-bond donors (Lipinski definition) is 1. The molecule has 116 valence electrons. The number of amides is 1. The summed E-state index contributed by atoms with van der Waals surface area (Å²) in [5.41, 5.74) is 6.83. The van der Waals surface area contributed by atoms with E-state index in [1.54, 1.807) is 7.11 Å². The molecule has 2 rings (SSSR count). The van der Waals surface area contributed by atoms with Gasteiger partial charge < -0.3 is 15.4 Å². The molecule has 0 atom stereocenters. The van der Waals surface area contributed by atoms with Gasteiger partial charge in [0, 0.05) is 19.5 Å². The molecule has 4 nitrogen and oxygen atoms in total. The van der Waals surface area contributed by atoms with Gasteiger partial charge in [-0.2, -0.15) is 0 Å². The van der Waals surface area contributed by atoms with E-state index in [-0.39, 0.29) is 11.8 Å². The Kier molecular flexibility index (Phi) is 5.62. The van der Waals surface area contributed by atoms with Gasteiger partial charge in [-0.05, 0) is 55.8 Å². The van der Waals surface area contributed by atoms with Crippen molar-refractivity contribution >= 4 is 5.91 Å². The summed E-state index contributed by atoms with van der Waals surface area (Å²) >= 11 is 0. The molecule has 1 amide bonds. The lowest BCUT2D eigenvalue weighted by molar-refractivity contribution is -0.136. The molecule has 4 heteroatoms. The van der Waals surface area contributed by atoms with Crippen LogP contribution in [0.2, 0.25) is 0 Å². The second kappa shape index (κ2) is 7.46. The van der Waals surface area contributed by atoms with Crippen LogP contribution < -0.4 is 10.5 Å². The summed E-state index contributed by atoms with van der Waals surface area (Å²) in [6.07, 6.45) is 4.13. The fourth-order valence-corrected chi connectivity index (χ4v) is 3.04. The molecule has 1 fully saturated rings. The minimum absolute atomic E-state index is 0.177. The van der Waals surface area contributed by atoms with Crippen LogP contribution in [0.1, 0.15) is 31.2 Å². The van der Waals surface area contributed by atoms with Gasteiger partial charge in [-0.3, -0.25) is 4.79 Å². The van der Waals surface area contributed by atoms with Gasteiger partial charge in [-0.1, -0.05) is 12.1 Å². The highest BCUT2D eigenvalue weighted by atomic mass is 16.5. The van der Waals surface area contributed by atoms with Crippen LogP contribution in [0, 0.1) is 11.8 Å². The normalized spacial score (nSPS) is 21.9. The zero-order chi connectivity index (χ0) is 15.2. The highest BCUT2D eigenvalue weighted by Crippen LogP contribution is 2.29. The Labute approximate surface area is 127 Å². The quantitative estimate of drug-likeness (QED) is 0.906. The van der Waals surface area contributed by atoms with Crippen LogP contribution in [0.15, 0.2) is 24.3 Å². The number of ether oxygens (including phenoxy) is 1. The molecule has 1 saturated carbocycles. The number of benzene rings is 1. The molecule has 1 aliphatic rings. The molecule has 0 bridgehead atoms. The largest absolute Gasteiger partial charge is 0.497 e. The highest BCUT2D eigenvalue weighted by molar-refractivity contribution is 5.78. The monoisotopic (exact) mass is 290 g/mol. The maximum atomic E-state index is 12.5. The zero-order valence-electron chi connectivity index (χ0n) is 13.0. The predicted octanol–water partition coefficient (Wildman–Crippen LogP) is 2.42. The first kappa shape index (κ1) is 15.8. The van der Waals surface area contributed by atoms with Gasteiger partial charge in [-0.15, -0.1) is 0 Å². The third-order valence-electron chi connectivity index (χ3n) is 4.48. The Morgan fingerprint density at radius 3 is 2.38 bits per heavy atom. The highest BCUT2D eigenvalue weighted by Gasteiger charge is 2.27. The van der Waals surface area contributed by atoms with Crippen molar-refractivity contribution < 1.29 is 9.53 Å². The van der Waals surface area contributed by atoms with E-state index in [2.05, 4.69) is 0 Å². The van der Waals surface area contributed by atoms with Gasteiger partial charge in [0.1, 0.15) is 5.75 Å². The van der Waals surface area contributed by atoms with Crippen LogP contribution in [0.4, 0.5) is 0 Å². The van der Waals surface area contributed by atoms with E-state index in [1.165, 1.54) is 0 Å². The van der Waals surface area contributed by atoms with E-state index in [9.17, 15) is 4.79 Å². The van der Waals surface area contributed by atoms with E-state index in [0.717, 1.165) is 43.5 Å². The van der Waals surface area contributed by atoms with E-state index in [1.807, 2.05) is 36.2 Å². The van der Waals surface area contributed by atoms with Gasteiger partial charge in [0.25, 0.3) is 0 Å². The maximum Gasteiger partial charge on any atom is 0.225 e. The molecule has 0 heterocycles. The van der Waals surface area contributed by atoms with Crippen LogP contribution in [0.25, 0.3) is 0 Å². The molecule has 1 aromatic carbocycles. The van der Waals surface area contributed by atoms with Crippen LogP contribution in [0.5, 0.6) is 5.75 Å². The number of rotatable bonds is 5. The molecule has 0 aliphatic heterocycles. The molecule has 0 aromatic heterocycles. The Hall–Kier alpha value is -1.55. The molecular weight excluding hydrogens is 264 g/mol. The van der Waals surface area contributed by atoms with Gasteiger partial charge >= 0.3 is 0 Å². The average molecular weight is 290 g/mol. The summed E-state index contributed by atoms with van der Waals surface area (Å²) in [6, 6.07) is 7.88. The topological polar surface area (TPSA) is 55.6 Å². The zero-order valence-corrected chi connectivity index (χ0v) is 13.0. The van der Waals surface area contributed by atoms with E-state index < -0.39 is 0 Å². The Morgan fingerprint density at radius 2 is 1.86 bits per heavy atom. The average Bonchev–Trinajstić information content (AvgIpc) is 2.55. The van der Waals surface area contributed by atoms with Crippen molar-refractivity contribution in [3.8, 4) is 5.75 Å². The number of carbonyl (C=O) groups excluding carboxylic acids is 1. The number of methoxy groups -OCH3 is 1. The fourth-order valence-electron chi connectivity index (χ4n) is 3.04. The van der Waals surface area contributed by atoms with Gasteiger partial charge in [-0.25, -0.2) is 0 Å². The van der Waals surface area contributed by atoms with Crippen molar-refractivity contribution in [3.05, 3.63) is 29.8 Å². The molecule has 21 heavy (non-hydrogen) atoms. The van der Waals surface area contributed by atoms with Crippen molar-refractivity contribution in [1.82, 2.24) is 4.90 Å². The Bertz CT molecular complexity index is 450. The molecule has 0 radical (unpaired) electrons. The molecule has 0 saturated heterocycles. The van der Waals surface area contributed by atoms with Gasteiger partial charge in [0.15, 0.2) is 0 Å². The van der Waals surface area contributed by atoms with Crippen molar-refractivity contribution in [3.63, 3.8) is 0 Å². The van der Waals surface area contributed by atoms with Crippen molar-refractivity contribution in [2.75, 3.05) is 20.7 Å². The van der Waals surface area contributed by atoms with E-state index >= 15 is 0 Å². The van der Waals surface area contributed by atoms with Gasteiger partial charge in [0.05, 0.1) is 7.11 Å². The van der Waals surface area contributed by atoms with E-state index in [4.69, 9.17) is 10.5 Å². The number of carbonyl (C=O) groups is 1. The lowest BCUT2D eigenvalue weighted by Gasteiger charge is -2.30. The SMILES string of the molecule is COc1ccc(CN(C)C(=O)C2CCC(CN)CC2)cc1. The second-order valence-corrected chi connectivity index (χ2v) is 6.00. The predicted molar refractivity (Wildman–Crippen MR) is 84.0 cm³/mol.